The van der Waals surface area contributed by atoms with Gasteiger partial charge in [-0.1, -0.05) is 12.1 Å². The molecule has 2 nitrogen and oxygen atoms in total. The van der Waals surface area contributed by atoms with Gasteiger partial charge in [0.15, 0.2) is 0 Å². The molecule has 1 aromatic rings. The first kappa shape index (κ1) is 10.9. The summed E-state index contributed by atoms with van der Waals surface area (Å²) in [4.78, 5) is 0.857. The zero-order valence-electron chi connectivity index (χ0n) is 7.20. The van der Waals surface area contributed by atoms with Crippen LogP contribution in [0.15, 0.2) is 33.6 Å². The van der Waals surface area contributed by atoms with Crippen LogP contribution < -0.4 is 5.73 Å². The molecule has 0 fully saturated rings. The molecule has 1 unspecified atom stereocenters. The summed E-state index contributed by atoms with van der Waals surface area (Å²) in [6.45, 7) is 0.593. The first-order valence-corrected chi connectivity index (χ1v) is 6.20. The zero-order valence-corrected chi connectivity index (χ0v) is 9.61. The first-order valence-electron chi connectivity index (χ1n) is 4.08. The van der Waals surface area contributed by atoms with Gasteiger partial charge in [-0.3, -0.25) is 4.21 Å². The first-order chi connectivity index (χ1) is 6.25. The Bertz CT molecular complexity index is 303. The molecule has 1 aromatic carbocycles. The fraction of sp³-hybridized carbons (Fsp3) is 0.333. The van der Waals surface area contributed by atoms with Crippen molar-refractivity contribution in [3.05, 3.63) is 28.7 Å². The third-order valence-corrected chi connectivity index (χ3v) is 4.08. The van der Waals surface area contributed by atoms with Crippen LogP contribution in [0.5, 0.6) is 0 Å². The average Bonchev–Trinajstić information content (AvgIpc) is 2.15. The van der Waals surface area contributed by atoms with Gasteiger partial charge in [-0.15, -0.1) is 0 Å². The Hall–Kier alpha value is -0.190. The van der Waals surface area contributed by atoms with Gasteiger partial charge in [0.2, 0.25) is 0 Å². The molecule has 0 saturated carbocycles. The maximum Gasteiger partial charge on any atom is 0.0541 e. The van der Waals surface area contributed by atoms with Crippen molar-refractivity contribution in [3.63, 3.8) is 0 Å². The van der Waals surface area contributed by atoms with Crippen molar-refractivity contribution in [2.75, 3.05) is 12.3 Å². The van der Waals surface area contributed by atoms with Gasteiger partial charge in [-0.2, -0.15) is 0 Å². The van der Waals surface area contributed by atoms with E-state index in [0.29, 0.717) is 12.3 Å². The molecule has 0 aliphatic rings. The van der Waals surface area contributed by atoms with E-state index in [-0.39, 0.29) is 0 Å². The Morgan fingerprint density at radius 2 is 2.08 bits per heavy atom. The highest BCUT2D eigenvalue weighted by Crippen LogP contribution is 2.19. The van der Waals surface area contributed by atoms with Crippen molar-refractivity contribution >= 4 is 26.7 Å². The van der Waals surface area contributed by atoms with Crippen LogP contribution in [0.2, 0.25) is 0 Å². The molecule has 0 heterocycles. The number of hydrogen-bond donors (Lipinski definition) is 1. The molecule has 0 bridgehead atoms. The fourth-order valence-electron chi connectivity index (χ4n) is 0.954. The minimum absolute atomic E-state index is 0.593. The summed E-state index contributed by atoms with van der Waals surface area (Å²) in [5.74, 6) is 0.638. The molecule has 0 spiro atoms. The van der Waals surface area contributed by atoms with E-state index in [1.807, 2.05) is 24.3 Å². The minimum Gasteiger partial charge on any atom is -0.330 e. The highest BCUT2D eigenvalue weighted by Gasteiger charge is 2.05. The second kappa shape index (κ2) is 5.52. The predicted molar refractivity (Wildman–Crippen MR) is 59.1 cm³/mol. The highest BCUT2D eigenvalue weighted by atomic mass is 79.9. The Labute approximate surface area is 89.1 Å². The van der Waals surface area contributed by atoms with E-state index in [1.54, 1.807) is 0 Å². The molecule has 72 valence electrons. The van der Waals surface area contributed by atoms with Crippen molar-refractivity contribution in [3.8, 4) is 0 Å². The lowest BCUT2D eigenvalue weighted by molar-refractivity contribution is 0.680. The van der Waals surface area contributed by atoms with Crippen LogP contribution in [-0.4, -0.2) is 16.5 Å². The maximum absolute atomic E-state index is 11.6. The van der Waals surface area contributed by atoms with Crippen molar-refractivity contribution in [1.29, 1.82) is 0 Å². The summed E-state index contributed by atoms with van der Waals surface area (Å²) in [7, 11) is -0.922. The van der Waals surface area contributed by atoms with Gasteiger partial charge in [0, 0.05) is 10.2 Å². The second-order valence-corrected chi connectivity index (χ2v) is 5.02. The quantitative estimate of drug-likeness (QED) is 0.900. The van der Waals surface area contributed by atoms with Gasteiger partial charge in [0.1, 0.15) is 0 Å². The second-order valence-electron chi connectivity index (χ2n) is 2.62. The van der Waals surface area contributed by atoms with Gasteiger partial charge in [0.05, 0.1) is 15.7 Å². The lowest BCUT2D eigenvalue weighted by Crippen LogP contribution is -2.06. The molecule has 4 heteroatoms. The molecule has 0 aromatic heterocycles. The van der Waals surface area contributed by atoms with Gasteiger partial charge in [-0.05, 0) is 41.0 Å². The molecule has 0 amide bonds. The van der Waals surface area contributed by atoms with E-state index >= 15 is 0 Å². The van der Waals surface area contributed by atoms with Gasteiger partial charge in [0.25, 0.3) is 0 Å². The third-order valence-electron chi connectivity index (χ3n) is 1.62. The number of hydrogen-bond acceptors (Lipinski definition) is 2. The predicted octanol–water partition coefficient (Wildman–Crippen LogP) is 1.91. The minimum atomic E-state index is -0.922. The van der Waals surface area contributed by atoms with Gasteiger partial charge < -0.3 is 5.73 Å². The van der Waals surface area contributed by atoms with E-state index in [2.05, 4.69) is 15.9 Å². The summed E-state index contributed by atoms with van der Waals surface area (Å²) in [5.41, 5.74) is 5.35. The van der Waals surface area contributed by atoms with E-state index < -0.39 is 10.8 Å². The summed E-state index contributed by atoms with van der Waals surface area (Å²) in [6.07, 6.45) is 0.800. The number of halogens is 1. The monoisotopic (exact) mass is 261 g/mol. The summed E-state index contributed by atoms with van der Waals surface area (Å²) in [5, 5.41) is 0. The molecule has 13 heavy (non-hydrogen) atoms. The number of rotatable bonds is 4. The van der Waals surface area contributed by atoms with E-state index in [9.17, 15) is 4.21 Å². The molecule has 1 atom stereocenters. The van der Waals surface area contributed by atoms with Crippen LogP contribution in [0.3, 0.4) is 0 Å². The largest absolute Gasteiger partial charge is 0.330 e. The highest BCUT2D eigenvalue weighted by molar-refractivity contribution is 9.10. The fourth-order valence-corrected chi connectivity index (χ4v) is 2.94. The van der Waals surface area contributed by atoms with Crippen molar-refractivity contribution < 1.29 is 4.21 Å². The van der Waals surface area contributed by atoms with E-state index in [0.717, 1.165) is 15.8 Å². The Morgan fingerprint density at radius 1 is 1.38 bits per heavy atom. The Kier molecular flexibility index (Phi) is 4.62. The summed E-state index contributed by atoms with van der Waals surface area (Å²) >= 11 is 3.36. The molecular weight excluding hydrogens is 250 g/mol. The molecule has 0 saturated heterocycles. The lowest BCUT2D eigenvalue weighted by atomic mass is 10.4. The lowest BCUT2D eigenvalue weighted by Gasteiger charge is -2.02. The number of nitrogens with two attached hydrogens (primary N) is 1. The molecule has 0 aliphatic heterocycles. The van der Waals surface area contributed by atoms with E-state index in [4.69, 9.17) is 5.73 Å². The molecule has 0 aliphatic carbocycles. The van der Waals surface area contributed by atoms with Crippen LogP contribution in [0, 0.1) is 0 Å². The van der Waals surface area contributed by atoms with Crippen molar-refractivity contribution in [1.82, 2.24) is 0 Å². The number of benzene rings is 1. The SMILES string of the molecule is NCCCS(=O)c1ccccc1Br. The van der Waals surface area contributed by atoms with Crippen LogP contribution in [-0.2, 0) is 10.8 Å². The smallest absolute Gasteiger partial charge is 0.0541 e. The van der Waals surface area contributed by atoms with Crippen LogP contribution in [0.25, 0.3) is 0 Å². The van der Waals surface area contributed by atoms with Crippen LogP contribution in [0.4, 0.5) is 0 Å². The summed E-state index contributed by atoms with van der Waals surface area (Å²) in [6, 6.07) is 7.57. The molecule has 2 N–H and O–H groups in total. The molecular formula is C9H12BrNOS. The maximum atomic E-state index is 11.6. The topological polar surface area (TPSA) is 43.1 Å². The molecule has 0 radical (unpaired) electrons. The normalized spacial score (nSPS) is 12.8. The standard InChI is InChI=1S/C9H12BrNOS/c10-8-4-1-2-5-9(8)13(12)7-3-6-11/h1-2,4-5H,3,6-7,11H2. The van der Waals surface area contributed by atoms with Crippen molar-refractivity contribution in [2.45, 2.75) is 11.3 Å². The zero-order chi connectivity index (χ0) is 9.68. The van der Waals surface area contributed by atoms with Crippen LogP contribution >= 0.6 is 15.9 Å². The Morgan fingerprint density at radius 3 is 2.69 bits per heavy atom. The third kappa shape index (κ3) is 3.21. The summed E-state index contributed by atoms with van der Waals surface area (Å²) < 4.78 is 12.6. The van der Waals surface area contributed by atoms with E-state index in [1.165, 1.54) is 0 Å². The van der Waals surface area contributed by atoms with Gasteiger partial charge >= 0.3 is 0 Å². The van der Waals surface area contributed by atoms with Gasteiger partial charge in [-0.25, -0.2) is 0 Å². The Balaban J connectivity index is 2.71. The average molecular weight is 262 g/mol. The van der Waals surface area contributed by atoms with Crippen LogP contribution in [0.1, 0.15) is 6.42 Å². The molecule has 1 rings (SSSR count). The van der Waals surface area contributed by atoms with Crippen molar-refractivity contribution in [2.24, 2.45) is 5.73 Å².